The molecule has 2 aromatic rings. The third kappa shape index (κ3) is 6.06. The molecule has 4 atom stereocenters. The van der Waals surface area contributed by atoms with Crippen molar-refractivity contribution in [3.05, 3.63) is 6.33 Å². The van der Waals surface area contributed by atoms with Gasteiger partial charge in [-0.05, 0) is 0 Å². The number of anilines is 2. The van der Waals surface area contributed by atoms with Gasteiger partial charge >= 0.3 is 17.9 Å². The van der Waals surface area contributed by atoms with E-state index in [9.17, 15) is 24.0 Å². The summed E-state index contributed by atoms with van der Waals surface area (Å²) in [5.74, 6) is -2.99. The molecule has 15 heteroatoms. The smallest absolute Gasteiger partial charge is 0.303 e. The molecule has 15 nitrogen and oxygen atoms in total. The van der Waals surface area contributed by atoms with Crippen molar-refractivity contribution in [1.29, 1.82) is 0 Å². The highest BCUT2D eigenvalue weighted by molar-refractivity contribution is 5.97. The molecule has 0 aromatic carbocycles. The van der Waals surface area contributed by atoms with Crippen LogP contribution in [0.15, 0.2) is 6.33 Å². The highest BCUT2D eigenvalue weighted by Gasteiger charge is 2.51. The predicted octanol–water partition coefficient (Wildman–Crippen LogP) is 0.0670. The maximum atomic E-state index is 11.9. The van der Waals surface area contributed by atoms with Gasteiger partial charge in [0.1, 0.15) is 12.7 Å². The fourth-order valence-corrected chi connectivity index (χ4v) is 3.49. The molecule has 1 aliphatic rings. The Balaban J connectivity index is 2.12. The molecule has 0 saturated carbocycles. The van der Waals surface area contributed by atoms with Gasteiger partial charge in [-0.2, -0.15) is 9.97 Å². The molecule has 2 N–H and O–H groups in total. The van der Waals surface area contributed by atoms with E-state index in [1.165, 1.54) is 45.5 Å². The molecular weight excluding hydrogens is 468 g/mol. The van der Waals surface area contributed by atoms with Crippen molar-refractivity contribution in [1.82, 2.24) is 19.5 Å². The van der Waals surface area contributed by atoms with Gasteiger partial charge in [0.25, 0.3) is 0 Å². The van der Waals surface area contributed by atoms with Crippen molar-refractivity contribution < 1.29 is 42.9 Å². The minimum absolute atomic E-state index is 0.0139. The number of aromatic nitrogens is 4. The Bertz CT molecular complexity index is 1180. The Morgan fingerprint density at radius 2 is 1.54 bits per heavy atom. The molecule has 2 amide bonds. The SMILES string of the molecule is CC(=O)Nc1nc(NC(C)=O)c2ncn([C@@H]3O[C@H](COC(C)=O)[C@@H](OC(C)=O)[C@@H]3OC(C)=O)c2n1. The van der Waals surface area contributed by atoms with Crippen LogP contribution < -0.4 is 10.6 Å². The molecular formula is C20H24N6O9. The van der Waals surface area contributed by atoms with Gasteiger partial charge in [0.15, 0.2) is 35.4 Å². The fourth-order valence-electron chi connectivity index (χ4n) is 3.49. The van der Waals surface area contributed by atoms with Gasteiger partial charge in [-0.15, -0.1) is 0 Å². The Morgan fingerprint density at radius 3 is 2.11 bits per heavy atom. The summed E-state index contributed by atoms with van der Waals surface area (Å²) >= 11 is 0. The zero-order valence-electron chi connectivity index (χ0n) is 19.6. The maximum Gasteiger partial charge on any atom is 0.303 e. The molecule has 0 radical (unpaired) electrons. The molecule has 3 heterocycles. The van der Waals surface area contributed by atoms with Gasteiger partial charge in [-0.1, -0.05) is 0 Å². The second-order valence-corrected chi connectivity index (χ2v) is 7.60. The molecule has 0 aliphatic carbocycles. The second-order valence-electron chi connectivity index (χ2n) is 7.60. The Hall–Kier alpha value is -4.14. The minimum Gasteiger partial charge on any atom is -0.463 e. The van der Waals surface area contributed by atoms with Crippen LogP contribution in [0.2, 0.25) is 0 Å². The summed E-state index contributed by atoms with van der Waals surface area (Å²) < 4.78 is 23.2. The lowest BCUT2D eigenvalue weighted by Crippen LogP contribution is -2.40. The predicted molar refractivity (Wildman–Crippen MR) is 116 cm³/mol. The zero-order chi connectivity index (χ0) is 25.9. The summed E-state index contributed by atoms with van der Waals surface area (Å²) in [4.78, 5) is 70.9. The van der Waals surface area contributed by atoms with Crippen LogP contribution in [-0.4, -0.2) is 74.2 Å². The van der Waals surface area contributed by atoms with E-state index in [4.69, 9.17) is 18.9 Å². The number of carbonyl (C=O) groups excluding carboxylic acids is 5. The molecule has 35 heavy (non-hydrogen) atoms. The van der Waals surface area contributed by atoms with Gasteiger partial charge in [0.2, 0.25) is 17.8 Å². The van der Waals surface area contributed by atoms with E-state index >= 15 is 0 Å². The van der Waals surface area contributed by atoms with E-state index in [1.807, 2.05) is 0 Å². The van der Waals surface area contributed by atoms with E-state index in [-0.39, 0.29) is 29.5 Å². The monoisotopic (exact) mass is 492 g/mol. The topological polar surface area (TPSA) is 190 Å². The van der Waals surface area contributed by atoms with E-state index in [0.29, 0.717) is 0 Å². The van der Waals surface area contributed by atoms with E-state index in [0.717, 1.165) is 0 Å². The highest BCUT2D eigenvalue weighted by atomic mass is 16.7. The standard InChI is InChI=1S/C20H24N6O9/c1-8(27)22-17-14-18(25-20(24-17)23-9(2)28)26(7-21-14)19-16(34-12(5)31)15(33-11(4)30)13(35-19)6-32-10(3)29/h7,13,15-16,19H,6H2,1-5H3,(H2,22,23,24,25,27,28)/t13-,15-,16+,19-/m1/s1. The molecule has 1 fully saturated rings. The quantitative estimate of drug-likeness (QED) is 0.391. The molecule has 1 aliphatic heterocycles. The number of carbonyl (C=O) groups is 5. The van der Waals surface area contributed by atoms with Crippen LogP contribution >= 0.6 is 0 Å². The molecule has 188 valence electrons. The van der Waals surface area contributed by atoms with E-state index in [1.54, 1.807) is 0 Å². The fraction of sp³-hybridized carbons (Fsp3) is 0.500. The number of hydrogen-bond donors (Lipinski definition) is 2. The summed E-state index contributed by atoms with van der Waals surface area (Å²) in [6.45, 7) is 5.76. The van der Waals surface area contributed by atoms with Crippen LogP contribution in [0.5, 0.6) is 0 Å². The van der Waals surface area contributed by atoms with Crippen LogP contribution in [-0.2, 0) is 42.9 Å². The third-order valence-electron chi connectivity index (χ3n) is 4.62. The van der Waals surface area contributed by atoms with Crippen molar-refractivity contribution in [2.24, 2.45) is 0 Å². The first-order valence-electron chi connectivity index (χ1n) is 10.4. The second kappa shape index (κ2) is 10.4. The summed E-state index contributed by atoms with van der Waals surface area (Å²) in [6.07, 6.45) is -3.16. The van der Waals surface area contributed by atoms with Crippen LogP contribution in [0.4, 0.5) is 11.8 Å². The normalized spacial score (nSPS) is 21.3. The van der Waals surface area contributed by atoms with Gasteiger partial charge in [0, 0.05) is 34.6 Å². The number of ether oxygens (including phenoxy) is 4. The Labute approximate surface area is 198 Å². The van der Waals surface area contributed by atoms with E-state index in [2.05, 4.69) is 25.6 Å². The Kier molecular flexibility index (Phi) is 7.58. The number of amides is 2. The minimum atomic E-state index is -1.18. The van der Waals surface area contributed by atoms with Crippen LogP contribution in [0, 0.1) is 0 Å². The number of imidazole rings is 1. The molecule has 3 rings (SSSR count). The molecule has 0 spiro atoms. The molecule has 0 bridgehead atoms. The lowest BCUT2D eigenvalue weighted by atomic mass is 10.1. The highest BCUT2D eigenvalue weighted by Crippen LogP contribution is 2.36. The van der Waals surface area contributed by atoms with E-state index < -0.39 is 54.3 Å². The first-order valence-corrected chi connectivity index (χ1v) is 10.4. The molecule has 0 unspecified atom stereocenters. The van der Waals surface area contributed by atoms with Crippen molar-refractivity contribution >= 4 is 52.7 Å². The van der Waals surface area contributed by atoms with Gasteiger partial charge in [-0.25, -0.2) is 4.98 Å². The average Bonchev–Trinajstić information content (AvgIpc) is 3.27. The maximum absolute atomic E-state index is 11.9. The van der Waals surface area contributed by atoms with Crippen molar-refractivity contribution in [3.63, 3.8) is 0 Å². The number of hydrogen-bond acceptors (Lipinski definition) is 12. The summed E-state index contributed by atoms with van der Waals surface area (Å²) in [7, 11) is 0. The van der Waals surface area contributed by atoms with Gasteiger partial charge in [0.05, 0.1) is 6.33 Å². The first-order chi connectivity index (χ1) is 16.5. The number of esters is 3. The summed E-state index contributed by atoms with van der Waals surface area (Å²) in [5, 5.41) is 4.95. The summed E-state index contributed by atoms with van der Waals surface area (Å²) in [6, 6.07) is 0. The number of fused-ring (bicyclic) bond motifs is 1. The zero-order valence-corrected chi connectivity index (χ0v) is 19.6. The van der Waals surface area contributed by atoms with Crippen LogP contribution in [0.3, 0.4) is 0 Å². The van der Waals surface area contributed by atoms with Crippen LogP contribution in [0.25, 0.3) is 11.2 Å². The third-order valence-corrected chi connectivity index (χ3v) is 4.62. The van der Waals surface area contributed by atoms with Crippen molar-refractivity contribution in [2.45, 2.75) is 59.2 Å². The van der Waals surface area contributed by atoms with Gasteiger partial charge < -0.3 is 24.3 Å². The number of nitrogens with one attached hydrogen (secondary N) is 2. The van der Waals surface area contributed by atoms with Crippen LogP contribution in [0.1, 0.15) is 40.8 Å². The number of rotatable bonds is 7. The number of nitrogens with zero attached hydrogens (tertiary/aromatic N) is 4. The molecule has 2 aromatic heterocycles. The first kappa shape index (κ1) is 25.5. The lowest BCUT2D eigenvalue weighted by Gasteiger charge is -2.23. The average molecular weight is 492 g/mol. The lowest BCUT2D eigenvalue weighted by molar-refractivity contribution is -0.166. The van der Waals surface area contributed by atoms with Crippen molar-refractivity contribution in [2.75, 3.05) is 17.2 Å². The Morgan fingerprint density at radius 1 is 0.914 bits per heavy atom. The molecule has 1 saturated heterocycles. The largest absolute Gasteiger partial charge is 0.463 e. The van der Waals surface area contributed by atoms with Gasteiger partial charge in [-0.3, -0.25) is 33.9 Å². The summed E-state index contributed by atoms with van der Waals surface area (Å²) in [5.41, 5.74) is 0.247. The van der Waals surface area contributed by atoms with Crippen molar-refractivity contribution in [3.8, 4) is 0 Å².